The Kier molecular flexibility index (Phi) is 5.76. The van der Waals surface area contributed by atoms with Gasteiger partial charge in [0.2, 0.25) is 10.0 Å². The van der Waals surface area contributed by atoms with E-state index in [-0.39, 0.29) is 6.54 Å². The van der Waals surface area contributed by atoms with E-state index in [1.165, 1.54) is 0 Å². The second kappa shape index (κ2) is 6.67. The number of sulfonamides is 1. The van der Waals surface area contributed by atoms with Gasteiger partial charge in [0.1, 0.15) is 0 Å². The summed E-state index contributed by atoms with van der Waals surface area (Å²) in [7, 11) is -3.62. The first-order valence-electron chi connectivity index (χ1n) is 6.68. The van der Waals surface area contributed by atoms with Gasteiger partial charge in [-0.15, -0.1) is 0 Å². The lowest BCUT2D eigenvalue weighted by molar-refractivity contribution is -0.136. The summed E-state index contributed by atoms with van der Waals surface area (Å²) in [6, 6.07) is 0. The molecule has 0 bridgehead atoms. The van der Waals surface area contributed by atoms with Crippen molar-refractivity contribution in [2.45, 2.75) is 51.0 Å². The molecule has 0 atom stereocenters. The van der Waals surface area contributed by atoms with Crippen molar-refractivity contribution in [2.75, 3.05) is 12.3 Å². The first-order chi connectivity index (χ1) is 8.76. The van der Waals surface area contributed by atoms with Crippen LogP contribution in [0, 0.1) is 5.92 Å². The van der Waals surface area contributed by atoms with Gasteiger partial charge in [-0.1, -0.05) is 13.3 Å². The van der Waals surface area contributed by atoms with Crippen LogP contribution in [0.5, 0.6) is 0 Å². The van der Waals surface area contributed by atoms with Crippen LogP contribution in [-0.2, 0) is 14.8 Å². The van der Waals surface area contributed by atoms with E-state index in [2.05, 4.69) is 11.6 Å². The van der Waals surface area contributed by atoms with Gasteiger partial charge >= 0.3 is 5.97 Å². The molecule has 1 saturated carbocycles. The zero-order chi connectivity index (χ0) is 14.5. The fourth-order valence-corrected chi connectivity index (χ4v) is 3.41. The number of carboxylic acid groups (broad SMARTS) is 1. The number of carbonyl (C=O) groups is 1. The van der Waals surface area contributed by atoms with Gasteiger partial charge in [-0.3, -0.25) is 4.79 Å². The lowest BCUT2D eigenvalue weighted by Crippen LogP contribution is -2.45. The SMILES string of the molecule is CCC1CCC(O)(CNS(=O)(=O)CCC(=O)O)CC1. The number of hydrogen-bond donors (Lipinski definition) is 3. The van der Waals surface area contributed by atoms with E-state index < -0.39 is 33.8 Å². The minimum absolute atomic E-state index is 0.0224. The topological polar surface area (TPSA) is 104 Å². The number of aliphatic hydroxyl groups is 1. The fraction of sp³-hybridized carbons (Fsp3) is 0.917. The maximum atomic E-state index is 11.6. The van der Waals surface area contributed by atoms with Gasteiger partial charge in [0, 0.05) is 6.54 Å². The van der Waals surface area contributed by atoms with Crippen LogP contribution < -0.4 is 4.72 Å². The molecule has 0 radical (unpaired) electrons. The molecule has 1 aliphatic rings. The quantitative estimate of drug-likeness (QED) is 0.641. The Hall–Kier alpha value is -0.660. The summed E-state index contributed by atoms with van der Waals surface area (Å²) in [5, 5.41) is 18.7. The van der Waals surface area contributed by atoms with Crippen LogP contribution >= 0.6 is 0 Å². The Labute approximate surface area is 114 Å². The second-order valence-corrected chi connectivity index (χ2v) is 7.29. The maximum Gasteiger partial charge on any atom is 0.304 e. The van der Waals surface area contributed by atoms with Crippen LogP contribution in [0.2, 0.25) is 0 Å². The third-order valence-corrected chi connectivity index (χ3v) is 5.14. The fourth-order valence-electron chi connectivity index (χ4n) is 2.34. The molecular weight excluding hydrogens is 270 g/mol. The molecule has 1 aliphatic carbocycles. The largest absolute Gasteiger partial charge is 0.481 e. The predicted molar refractivity (Wildman–Crippen MR) is 71.2 cm³/mol. The van der Waals surface area contributed by atoms with E-state index in [0.29, 0.717) is 18.8 Å². The van der Waals surface area contributed by atoms with Gasteiger partial charge in [-0.2, -0.15) is 0 Å². The Morgan fingerprint density at radius 3 is 2.42 bits per heavy atom. The van der Waals surface area contributed by atoms with Crippen LogP contribution in [0.1, 0.15) is 45.4 Å². The standard InChI is InChI=1S/C12H23NO5S/c1-2-10-3-6-12(16,7-4-10)9-13-19(17,18)8-5-11(14)15/h10,13,16H,2-9H2,1H3,(H,14,15). The lowest BCUT2D eigenvalue weighted by atomic mass is 9.78. The molecule has 0 saturated heterocycles. The molecule has 7 heteroatoms. The first kappa shape index (κ1) is 16.4. The third kappa shape index (κ3) is 5.88. The van der Waals surface area contributed by atoms with Gasteiger partial charge < -0.3 is 10.2 Å². The van der Waals surface area contributed by atoms with Gasteiger partial charge in [-0.05, 0) is 31.6 Å². The molecule has 0 spiro atoms. The van der Waals surface area contributed by atoms with E-state index >= 15 is 0 Å². The molecule has 0 unspecified atom stereocenters. The Morgan fingerprint density at radius 1 is 1.37 bits per heavy atom. The molecule has 0 aromatic rings. The average molecular weight is 293 g/mol. The zero-order valence-corrected chi connectivity index (χ0v) is 12.1. The number of rotatable bonds is 7. The normalized spacial score (nSPS) is 28.2. The molecule has 0 aromatic heterocycles. The van der Waals surface area contributed by atoms with Crippen molar-refractivity contribution in [3.05, 3.63) is 0 Å². The van der Waals surface area contributed by atoms with Gasteiger partial charge in [0.05, 0.1) is 17.8 Å². The number of aliphatic carboxylic acids is 1. The minimum Gasteiger partial charge on any atom is -0.481 e. The zero-order valence-electron chi connectivity index (χ0n) is 11.3. The summed E-state index contributed by atoms with van der Waals surface area (Å²) >= 11 is 0. The van der Waals surface area contributed by atoms with Crippen molar-refractivity contribution in [2.24, 2.45) is 5.92 Å². The minimum atomic E-state index is -3.62. The number of nitrogens with one attached hydrogen (secondary N) is 1. The molecule has 0 heterocycles. The highest BCUT2D eigenvalue weighted by molar-refractivity contribution is 7.89. The van der Waals surface area contributed by atoms with Crippen molar-refractivity contribution in [3.8, 4) is 0 Å². The van der Waals surface area contributed by atoms with Crippen molar-refractivity contribution in [3.63, 3.8) is 0 Å². The predicted octanol–water partition coefficient (Wildman–Crippen LogP) is 0.712. The van der Waals surface area contributed by atoms with Gasteiger partial charge in [-0.25, -0.2) is 13.1 Å². The van der Waals surface area contributed by atoms with Crippen LogP contribution in [0.4, 0.5) is 0 Å². The molecular formula is C12H23NO5S. The van der Waals surface area contributed by atoms with Crippen molar-refractivity contribution >= 4 is 16.0 Å². The average Bonchev–Trinajstić information content (AvgIpc) is 2.36. The highest BCUT2D eigenvalue weighted by Gasteiger charge is 2.33. The maximum absolute atomic E-state index is 11.6. The van der Waals surface area contributed by atoms with E-state index in [1.54, 1.807) is 0 Å². The summed E-state index contributed by atoms with van der Waals surface area (Å²) in [5.41, 5.74) is -0.984. The molecule has 3 N–H and O–H groups in total. The summed E-state index contributed by atoms with van der Waals surface area (Å²) in [6.07, 6.45) is 3.65. The third-order valence-electron chi connectivity index (χ3n) is 3.82. The summed E-state index contributed by atoms with van der Waals surface area (Å²) in [6.45, 7) is 2.09. The molecule has 112 valence electrons. The molecule has 1 rings (SSSR count). The van der Waals surface area contributed by atoms with Crippen LogP contribution in [0.15, 0.2) is 0 Å². The Morgan fingerprint density at radius 2 is 1.95 bits per heavy atom. The van der Waals surface area contributed by atoms with Crippen molar-refractivity contribution in [1.82, 2.24) is 4.72 Å². The second-order valence-electron chi connectivity index (χ2n) is 5.36. The first-order valence-corrected chi connectivity index (χ1v) is 8.33. The molecule has 0 aliphatic heterocycles. The van der Waals surface area contributed by atoms with Gasteiger partial charge in [0.15, 0.2) is 0 Å². The smallest absolute Gasteiger partial charge is 0.304 e. The van der Waals surface area contributed by atoms with Gasteiger partial charge in [0.25, 0.3) is 0 Å². The molecule has 6 nitrogen and oxygen atoms in total. The molecule has 19 heavy (non-hydrogen) atoms. The van der Waals surface area contributed by atoms with E-state index in [9.17, 15) is 18.3 Å². The summed E-state index contributed by atoms with van der Waals surface area (Å²) < 4.78 is 25.4. The Bertz CT molecular complexity index is 398. The van der Waals surface area contributed by atoms with Crippen molar-refractivity contribution in [1.29, 1.82) is 0 Å². The monoisotopic (exact) mass is 293 g/mol. The highest BCUT2D eigenvalue weighted by Crippen LogP contribution is 2.33. The summed E-state index contributed by atoms with van der Waals surface area (Å²) in [5.74, 6) is -0.979. The molecule has 0 aromatic carbocycles. The van der Waals surface area contributed by atoms with E-state index in [0.717, 1.165) is 19.3 Å². The van der Waals surface area contributed by atoms with E-state index in [1.807, 2.05) is 0 Å². The van der Waals surface area contributed by atoms with Crippen LogP contribution in [0.3, 0.4) is 0 Å². The number of hydrogen-bond acceptors (Lipinski definition) is 4. The van der Waals surface area contributed by atoms with E-state index in [4.69, 9.17) is 5.11 Å². The number of carboxylic acids is 1. The highest BCUT2D eigenvalue weighted by atomic mass is 32.2. The molecule has 0 amide bonds. The molecule has 1 fully saturated rings. The van der Waals surface area contributed by atoms with Crippen LogP contribution in [-0.4, -0.2) is 42.5 Å². The summed E-state index contributed by atoms with van der Waals surface area (Å²) in [4.78, 5) is 10.3. The Balaban J connectivity index is 2.41. The van der Waals surface area contributed by atoms with Crippen LogP contribution in [0.25, 0.3) is 0 Å². The lowest BCUT2D eigenvalue weighted by Gasteiger charge is -2.35. The van der Waals surface area contributed by atoms with Crippen molar-refractivity contribution < 1.29 is 23.4 Å².